The van der Waals surface area contributed by atoms with Gasteiger partial charge in [0.25, 0.3) is 5.91 Å². The van der Waals surface area contributed by atoms with Crippen LogP contribution in [0.25, 0.3) is 0 Å². The van der Waals surface area contributed by atoms with Gasteiger partial charge in [-0.15, -0.1) is 0 Å². The Bertz CT molecular complexity index is 686. The van der Waals surface area contributed by atoms with E-state index in [2.05, 4.69) is 32.5 Å². The molecule has 3 rings (SSSR count). The summed E-state index contributed by atoms with van der Waals surface area (Å²) in [5, 5.41) is 19.7. The number of hydrogen-bond donors (Lipinski definition) is 3. The van der Waals surface area contributed by atoms with E-state index in [4.69, 9.17) is 0 Å². The molecule has 2 heterocycles. The minimum atomic E-state index is -0.180. The molecule has 0 aliphatic carbocycles. The number of rotatable bonds is 6. The molecule has 1 aromatic carbocycles. The Morgan fingerprint density at radius 2 is 2.20 bits per heavy atom. The van der Waals surface area contributed by atoms with E-state index in [1.807, 2.05) is 25.1 Å². The first-order chi connectivity index (χ1) is 12.2. The first-order valence-corrected chi connectivity index (χ1v) is 8.92. The van der Waals surface area contributed by atoms with Gasteiger partial charge in [0, 0.05) is 37.4 Å². The number of likely N-dealkylation sites (tertiary alicyclic amines) is 1. The van der Waals surface area contributed by atoms with E-state index in [-0.39, 0.29) is 24.5 Å². The van der Waals surface area contributed by atoms with Crippen LogP contribution in [-0.2, 0) is 13.0 Å². The van der Waals surface area contributed by atoms with Crippen molar-refractivity contribution >= 4 is 5.91 Å². The van der Waals surface area contributed by atoms with Crippen LogP contribution in [0.15, 0.2) is 36.4 Å². The van der Waals surface area contributed by atoms with Crippen molar-refractivity contribution in [3.05, 3.63) is 53.3 Å². The lowest BCUT2D eigenvalue weighted by molar-refractivity contribution is 0.0727. The highest BCUT2D eigenvalue weighted by Crippen LogP contribution is 2.20. The number of aliphatic hydroxyl groups is 1. The number of hydrogen-bond acceptors (Lipinski definition) is 4. The molecule has 2 aromatic rings. The molecule has 6 nitrogen and oxygen atoms in total. The lowest BCUT2D eigenvalue weighted by atomic mass is 9.91. The minimum Gasteiger partial charge on any atom is -0.396 e. The number of amides is 1. The van der Waals surface area contributed by atoms with E-state index >= 15 is 0 Å². The van der Waals surface area contributed by atoms with Crippen molar-refractivity contribution in [1.82, 2.24) is 20.4 Å². The van der Waals surface area contributed by atoms with Gasteiger partial charge < -0.3 is 10.4 Å². The van der Waals surface area contributed by atoms with E-state index in [1.54, 1.807) is 6.07 Å². The van der Waals surface area contributed by atoms with Crippen molar-refractivity contribution in [3.8, 4) is 0 Å². The van der Waals surface area contributed by atoms with Gasteiger partial charge in [0.05, 0.1) is 0 Å². The number of nitrogens with zero attached hydrogens (tertiary/aromatic N) is 2. The molecule has 134 valence electrons. The summed E-state index contributed by atoms with van der Waals surface area (Å²) in [5.41, 5.74) is 2.61. The molecule has 6 heteroatoms. The van der Waals surface area contributed by atoms with Gasteiger partial charge in [0.15, 0.2) is 0 Å². The Balaban J connectivity index is 1.63. The largest absolute Gasteiger partial charge is 0.396 e. The van der Waals surface area contributed by atoms with Crippen LogP contribution in [-0.4, -0.2) is 51.8 Å². The molecular formula is C19H26N4O2. The van der Waals surface area contributed by atoms with Gasteiger partial charge in [-0.3, -0.25) is 14.8 Å². The Labute approximate surface area is 148 Å². The van der Waals surface area contributed by atoms with Crippen LogP contribution in [0.2, 0.25) is 0 Å². The lowest BCUT2D eigenvalue weighted by Crippen LogP contribution is -2.53. The topological polar surface area (TPSA) is 81.2 Å². The maximum Gasteiger partial charge on any atom is 0.272 e. The van der Waals surface area contributed by atoms with E-state index in [1.165, 1.54) is 5.56 Å². The van der Waals surface area contributed by atoms with Crippen LogP contribution in [0, 0.1) is 5.92 Å². The lowest BCUT2D eigenvalue weighted by Gasteiger charge is -2.38. The highest BCUT2D eigenvalue weighted by atomic mass is 16.3. The third kappa shape index (κ3) is 4.46. The van der Waals surface area contributed by atoms with E-state index in [0.717, 1.165) is 38.2 Å². The second kappa shape index (κ2) is 8.27. The summed E-state index contributed by atoms with van der Waals surface area (Å²) in [6, 6.07) is 12.0. The highest BCUT2D eigenvalue weighted by Gasteiger charge is 2.30. The quantitative estimate of drug-likeness (QED) is 0.745. The molecule has 3 N–H and O–H groups in total. The zero-order valence-corrected chi connectivity index (χ0v) is 14.6. The van der Waals surface area contributed by atoms with E-state index < -0.39 is 0 Å². The zero-order chi connectivity index (χ0) is 17.6. The molecule has 1 aliphatic rings. The average Bonchev–Trinajstić information content (AvgIpc) is 3.12. The number of aliphatic hydroxyl groups excluding tert-OH is 1. The normalized spacial score (nSPS) is 21.2. The molecule has 25 heavy (non-hydrogen) atoms. The summed E-state index contributed by atoms with van der Waals surface area (Å²) >= 11 is 0. The number of H-pyrrole nitrogens is 1. The molecule has 1 fully saturated rings. The smallest absolute Gasteiger partial charge is 0.272 e. The van der Waals surface area contributed by atoms with Crippen molar-refractivity contribution in [3.63, 3.8) is 0 Å². The number of aromatic nitrogens is 2. The predicted molar refractivity (Wildman–Crippen MR) is 96.1 cm³/mol. The van der Waals surface area contributed by atoms with Gasteiger partial charge in [0.2, 0.25) is 0 Å². The standard InChI is InChI=1S/C19H26N4O2/c1-2-16-10-17(22-21-16)19(25)20-18-12-23(9-8-15(18)13-24)11-14-6-4-3-5-7-14/h3-7,10,15,18,24H,2,8-9,11-13H2,1H3,(H,20,25)(H,21,22)/t15-,18+/m0/s1. The number of piperidine rings is 1. The molecule has 0 saturated carbocycles. The predicted octanol–water partition coefficient (Wildman–Crippen LogP) is 1.58. The molecule has 1 aliphatic heterocycles. The Morgan fingerprint density at radius 3 is 2.88 bits per heavy atom. The van der Waals surface area contributed by atoms with Gasteiger partial charge in [-0.2, -0.15) is 5.10 Å². The number of carbonyl (C=O) groups excluding carboxylic acids is 1. The number of carbonyl (C=O) groups is 1. The molecule has 1 amide bonds. The molecule has 0 unspecified atom stereocenters. The monoisotopic (exact) mass is 342 g/mol. The maximum atomic E-state index is 12.5. The fourth-order valence-corrected chi connectivity index (χ4v) is 3.34. The van der Waals surface area contributed by atoms with E-state index in [0.29, 0.717) is 5.69 Å². The molecule has 1 saturated heterocycles. The second-order valence-electron chi connectivity index (χ2n) is 6.66. The highest BCUT2D eigenvalue weighted by molar-refractivity contribution is 5.92. The van der Waals surface area contributed by atoms with Gasteiger partial charge in [-0.25, -0.2) is 0 Å². The van der Waals surface area contributed by atoms with Gasteiger partial charge in [-0.05, 0) is 31.0 Å². The van der Waals surface area contributed by atoms with Crippen LogP contribution in [0.3, 0.4) is 0 Å². The third-order valence-electron chi connectivity index (χ3n) is 4.88. The zero-order valence-electron chi connectivity index (χ0n) is 14.6. The van der Waals surface area contributed by atoms with Crippen molar-refractivity contribution < 1.29 is 9.90 Å². The van der Waals surface area contributed by atoms with Gasteiger partial charge >= 0.3 is 0 Å². The molecule has 2 atom stereocenters. The molecular weight excluding hydrogens is 316 g/mol. The molecule has 0 bridgehead atoms. The summed E-state index contributed by atoms with van der Waals surface area (Å²) in [5.74, 6) is -0.0958. The minimum absolute atomic E-state index is 0.0725. The average molecular weight is 342 g/mol. The first-order valence-electron chi connectivity index (χ1n) is 8.92. The number of benzene rings is 1. The fourth-order valence-electron chi connectivity index (χ4n) is 3.34. The van der Waals surface area contributed by atoms with Crippen molar-refractivity contribution in [2.45, 2.75) is 32.4 Å². The summed E-state index contributed by atoms with van der Waals surface area (Å²) in [4.78, 5) is 14.8. The number of aryl methyl sites for hydroxylation is 1. The van der Waals surface area contributed by atoms with Gasteiger partial charge in [-0.1, -0.05) is 37.3 Å². The van der Waals surface area contributed by atoms with Crippen molar-refractivity contribution in [2.24, 2.45) is 5.92 Å². The summed E-state index contributed by atoms with van der Waals surface area (Å²) < 4.78 is 0. The summed E-state index contributed by atoms with van der Waals surface area (Å²) in [6.07, 6.45) is 1.68. The van der Waals surface area contributed by atoms with Crippen molar-refractivity contribution in [2.75, 3.05) is 19.7 Å². The number of nitrogens with one attached hydrogen (secondary N) is 2. The van der Waals surface area contributed by atoms with Crippen LogP contribution in [0.4, 0.5) is 0 Å². The van der Waals surface area contributed by atoms with Crippen LogP contribution in [0.5, 0.6) is 0 Å². The second-order valence-corrected chi connectivity index (χ2v) is 6.66. The third-order valence-corrected chi connectivity index (χ3v) is 4.88. The summed E-state index contributed by atoms with van der Waals surface area (Å²) in [6.45, 7) is 4.62. The molecule has 0 radical (unpaired) electrons. The Hall–Kier alpha value is -2.18. The Morgan fingerprint density at radius 1 is 1.40 bits per heavy atom. The first kappa shape index (κ1) is 17.6. The maximum absolute atomic E-state index is 12.5. The molecule has 1 aromatic heterocycles. The Kier molecular flexibility index (Phi) is 5.83. The van der Waals surface area contributed by atoms with Crippen LogP contribution in [0.1, 0.15) is 35.1 Å². The fraction of sp³-hybridized carbons (Fsp3) is 0.474. The number of aromatic amines is 1. The van der Waals surface area contributed by atoms with Crippen LogP contribution < -0.4 is 5.32 Å². The van der Waals surface area contributed by atoms with E-state index in [9.17, 15) is 9.90 Å². The summed E-state index contributed by atoms with van der Waals surface area (Å²) in [7, 11) is 0. The van der Waals surface area contributed by atoms with Crippen LogP contribution >= 0.6 is 0 Å². The molecule has 0 spiro atoms. The SMILES string of the molecule is CCc1cc(C(=O)N[C@@H]2CN(Cc3ccccc3)CC[C@H]2CO)n[nH]1. The van der Waals surface area contributed by atoms with Gasteiger partial charge in [0.1, 0.15) is 5.69 Å². The van der Waals surface area contributed by atoms with Crippen molar-refractivity contribution in [1.29, 1.82) is 0 Å².